The number of nitrogens with two attached hydrogens (primary N) is 1. The van der Waals surface area contributed by atoms with Crippen molar-refractivity contribution in [1.82, 2.24) is 4.90 Å². The van der Waals surface area contributed by atoms with Crippen molar-refractivity contribution >= 4 is 35.1 Å². The molecule has 0 spiro atoms. The molecule has 1 amide bonds. The van der Waals surface area contributed by atoms with Gasteiger partial charge in [-0.05, 0) is 30.7 Å². The topological polar surface area (TPSA) is 113 Å². The van der Waals surface area contributed by atoms with Crippen molar-refractivity contribution in [3.63, 3.8) is 0 Å². The van der Waals surface area contributed by atoms with Crippen LogP contribution in [0.25, 0.3) is 0 Å². The Morgan fingerprint density at radius 1 is 1.27 bits per heavy atom. The van der Waals surface area contributed by atoms with Gasteiger partial charge in [0, 0.05) is 30.3 Å². The molecule has 3 rings (SSSR count). The van der Waals surface area contributed by atoms with Gasteiger partial charge in [-0.1, -0.05) is 23.2 Å². The van der Waals surface area contributed by atoms with Crippen LogP contribution in [0.15, 0.2) is 12.1 Å². The Morgan fingerprint density at radius 3 is 2.43 bits per heavy atom. The summed E-state index contributed by atoms with van der Waals surface area (Å²) in [6.45, 7) is -0.876. The highest BCUT2D eigenvalue weighted by atomic mass is 35.5. The van der Waals surface area contributed by atoms with Crippen LogP contribution in [0.1, 0.15) is 24.4 Å². The zero-order valence-electron chi connectivity index (χ0n) is 15.4. The lowest BCUT2D eigenvalue weighted by Gasteiger charge is -2.35. The number of fused-ring (bicyclic) bond motifs is 2. The predicted molar refractivity (Wildman–Crippen MR) is 99.8 cm³/mol. The molecule has 30 heavy (non-hydrogen) atoms. The van der Waals surface area contributed by atoms with Crippen LogP contribution in [0.3, 0.4) is 0 Å². The Bertz CT molecular complexity index is 854. The van der Waals surface area contributed by atoms with E-state index in [1.807, 2.05) is 0 Å². The fourth-order valence-electron chi connectivity index (χ4n) is 4.30. The predicted octanol–water partition coefficient (Wildman–Crippen LogP) is 2.40. The van der Waals surface area contributed by atoms with E-state index in [9.17, 15) is 33.0 Å². The number of nitrogens with zero attached hydrogens (tertiary/aromatic N) is 1. The van der Waals surface area contributed by atoms with E-state index in [0.717, 1.165) is 0 Å². The van der Waals surface area contributed by atoms with E-state index in [1.54, 1.807) is 0 Å². The molecule has 0 unspecified atom stereocenters. The molecule has 12 heteroatoms. The Labute approximate surface area is 179 Å². The zero-order chi connectivity index (χ0) is 22.4. The summed E-state index contributed by atoms with van der Waals surface area (Å²) in [7, 11) is 0. The molecule has 1 saturated carbocycles. The fraction of sp³-hybridized carbons (Fsp3) is 0.556. The number of ether oxygens (including phenoxy) is 1. The van der Waals surface area contributed by atoms with Crippen LogP contribution in [-0.4, -0.2) is 58.5 Å². The van der Waals surface area contributed by atoms with Gasteiger partial charge in [-0.15, -0.1) is 0 Å². The third-order valence-electron chi connectivity index (χ3n) is 5.69. The van der Waals surface area contributed by atoms with Gasteiger partial charge < -0.3 is 25.6 Å². The van der Waals surface area contributed by atoms with Gasteiger partial charge in [0.05, 0.1) is 16.7 Å². The number of aliphatic hydroxyl groups is 1. The van der Waals surface area contributed by atoms with E-state index in [2.05, 4.69) is 4.74 Å². The lowest BCUT2D eigenvalue weighted by Crippen LogP contribution is -2.49. The molecule has 2 fully saturated rings. The molecule has 0 aromatic heterocycles. The number of carbonyl (C=O) groups is 2. The first-order valence-corrected chi connectivity index (χ1v) is 9.82. The summed E-state index contributed by atoms with van der Waals surface area (Å²) in [5.74, 6) is -3.72. The van der Waals surface area contributed by atoms with E-state index < -0.39 is 36.8 Å². The number of alkyl halides is 3. The standard InChI is InChI=1S/C18H19Cl2F3N2O5/c19-11-3-10(13(27)4-12(11)20)15(24)9-2-8-1-7(9)5-25(8)16(28)14(6-26)30-17(29)18(21,22)23/h3-4,7-9,14-15,26-27H,1-2,5-6,24H2/t7-,8+,9+,14-,15+/m1/s1. The summed E-state index contributed by atoms with van der Waals surface area (Å²) in [5, 5.41) is 19.8. The summed E-state index contributed by atoms with van der Waals surface area (Å²) in [6.07, 6.45) is -6.21. The average Bonchev–Trinajstić information content (AvgIpc) is 3.27. The van der Waals surface area contributed by atoms with Crippen LogP contribution in [0, 0.1) is 11.8 Å². The number of piperidine rings is 1. The van der Waals surface area contributed by atoms with E-state index in [-0.39, 0.29) is 40.2 Å². The Kier molecular flexibility index (Phi) is 6.43. The van der Waals surface area contributed by atoms with Gasteiger partial charge >= 0.3 is 12.1 Å². The summed E-state index contributed by atoms with van der Waals surface area (Å²) >= 11 is 11.9. The number of esters is 1. The van der Waals surface area contributed by atoms with E-state index >= 15 is 0 Å². The van der Waals surface area contributed by atoms with Crippen molar-refractivity contribution in [2.45, 2.75) is 37.2 Å². The molecule has 1 aliphatic heterocycles. The Balaban J connectivity index is 1.68. The third-order valence-corrected chi connectivity index (χ3v) is 6.41. The quantitative estimate of drug-likeness (QED) is 0.569. The van der Waals surface area contributed by atoms with Crippen molar-refractivity contribution in [3.05, 3.63) is 27.7 Å². The number of carbonyl (C=O) groups excluding carboxylic acids is 2. The van der Waals surface area contributed by atoms with Crippen LogP contribution in [0.4, 0.5) is 13.2 Å². The number of halogens is 5. The number of hydrogen-bond acceptors (Lipinski definition) is 6. The second kappa shape index (κ2) is 8.41. The highest BCUT2D eigenvalue weighted by molar-refractivity contribution is 6.42. The molecule has 1 saturated heterocycles. The molecule has 1 aromatic rings. The van der Waals surface area contributed by atoms with Crippen LogP contribution >= 0.6 is 23.2 Å². The van der Waals surface area contributed by atoms with Gasteiger partial charge in [0.15, 0.2) is 0 Å². The second-order valence-corrected chi connectivity index (χ2v) is 8.28. The molecule has 4 N–H and O–H groups in total. The Morgan fingerprint density at radius 2 is 1.90 bits per heavy atom. The zero-order valence-corrected chi connectivity index (χ0v) is 16.9. The first-order chi connectivity index (χ1) is 13.9. The van der Waals surface area contributed by atoms with Crippen molar-refractivity contribution in [2.24, 2.45) is 17.6 Å². The molecule has 166 valence electrons. The number of benzene rings is 1. The fourth-order valence-corrected chi connectivity index (χ4v) is 4.63. The molecule has 1 heterocycles. The van der Waals surface area contributed by atoms with Gasteiger partial charge in [0.2, 0.25) is 6.10 Å². The number of phenolic OH excluding ortho intramolecular Hbond substituents is 1. The molecule has 1 aliphatic carbocycles. The highest BCUT2D eigenvalue weighted by Gasteiger charge is 2.51. The number of rotatable bonds is 5. The molecule has 2 bridgehead atoms. The summed E-state index contributed by atoms with van der Waals surface area (Å²) in [5.41, 5.74) is 6.74. The van der Waals surface area contributed by atoms with Gasteiger partial charge in [-0.3, -0.25) is 4.79 Å². The molecule has 0 radical (unpaired) electrons. The van der Waals surface area contributed by atoms with Crippen LogP contribution in [0.2, 0.25) is 10.0 Å². The van der Waals surface area contributed by atoms with Crippen molar-refractivity contribution < 1.29 is 37.7 Å². The van der Waals surface area contributed by atoms with Gasteiger partial charge in [0.25, 0.3) is 5.91 Å². The SMILES string of the molecule is N[C@H](c1cc(Cl)c(Cl)cc1O)[C@H]1C[C@@H]2C[C@@H]1CN2C(=O)[C@@H](CO)OC(=O)C(F)(F)F. The first-order valence-electron chi connectivity index (χ1n) is 9.06. The minimum absolute atomic E-state index is 0.0829. The van der Waals surface area contributed by atoms with Crippen molar-refractivity contribution in [3.8, 4) is 5.75 Å². The molecule has 1 aromatic carbocycles. The lowest BCUT2D eigenvalue weighted by atomic mass is 9.84. The molecule has 2 aliphatic rings. The third kappa shape index (κ3) is 4.32. The molecule has 5 atom stereocenters. The lowest BCUT2D eigenvalue weighted by molar-refractivity contribution is -0.208. The van der Waals surface area contributed by atoms with Crippen molar-refractivity contribution in [1.29, 1.82) is 0 Å². The maximum Gasteiger partial charge on any atom is 0.490 e. The van der Waals surface area contributed by atoms with E-state index in [1.165, 1.54) is 17.0 Å². The molecular formula is C18H19Cl2F3N2O5. The number of likely N-dealkylation sites (tertiary alicyclic amines) is 1. The van der Waals surface area contributed by atoms with Crippen LogP contribution in [-0.2, 0) is 14.3 Å². The minimum atomic E-state index is -5.27. The van der Waals surface area contributed by atoms with E-state index in [0.29, 0.717) is 18.4 Å². The monoisotopic (exact) mass is 470 g/mol. The van der Waals surface area contributed by atoms with Crippen LogP contribution < -0.4 is 5.73 Å². The van der Waals surface area contributed by atoms with Gasteiger partial charge in [0.1, 0.15) is 5.75 Å². The maximum atomic E-state index is 12.5. The normalized spacial score (nSPS) is 25.3. The summed E-state index contributed by atoms with van der Waals surface area (Å²) in [6, 6.07) is 1.85. The average molecular weight is 471 g/mol. The molecular weight excluding hydrogens is 452 g/mol. The number of aromatic hydroxyl groups is 1. The smallest absolute Gasteiger partial charge is 0.490 e. The number of phenols is 1. The molecule has 7 nitrogen and oxygen atoms in total. The summed E-state index contributed by atoms with van der Waals surface area (Å²) in [4.78, 5) is 24.8. The minimum Gasteiger partial charge on any atom is -0.508 e. The highest BCUT2D eigenvalue weighted by Crippen LogP contribution is 2.48. The van der Waals surface area contributed by atoms with E-state index in [4.69, 9.17) is 28.9 Å². The number of aliphatic hydroxyl groups excluding tert-OH is 1. The largest absolute Gasteiger partial charge is 0.508 e. The van der Waals surface area contributed by atoms with Crippen LogP contribution in [0.5, 0.6) is 5.75 Å². The first kappa shape index (κ1) is 22.9. The number of hydrogen-bond donors (Lipinski definition) is 3. The summed E-state index contributed by atoms with van der Waals surface area (Å²) < 4.78 is 41.3. The van der Waals surface area contributed by atoms with Gasteiger partial charge in [-0.25, -0.2) is 4.79 Å². The number of amides is 1. The maximum absolute atomic E-state index is 12.5. The van der Waals surface area contributed by atoms with Gasteiger partial charge in [-0.2, -0.15) is 13.2 Å². The Hall–Kier alpha value is -1.75. The van der Waals surface area contributed by atoms with Crippen molar-refractivity contribution in [2.75, 3.05) is 13.2 Å². The second-order valence-electron chi connectivity index (χ2n) is 7.46.